The van der Waals surface area contributed by atoms with Crippen molar-refractivity contribution in [3.05, 3.63) is 34.1 Å². The SMILES string of the molecule is NCC(=O)NCc1ccc(Br)c(F)c1. The zero-order valence-electron chi connectivity index (χ0n) is 7.39. The molecule has 1 aromatic carbocycles. The molecule has 5 heteroatoms. The van der Waals surface area contributed by atoms with Crippen LogP contribution in [0.4, 0.5) is 4.39 Å². The number of hydrogen-bond acceptors (Lipinski definition) is 2. The van der Waals surface area contributed by atoms with Crippen molar-refractivity contribution in [1.29, 1.82) is 0 Å². The summed E-state index contributed by atoms with van der Waals surface area (Å²) in [5, 5.41) is 2.55. The van der Waals surface area contributed by atoms with Crippen LogP contribution in [-0.4, -0.2) is 12.5 Å². The Balaban J connectivity index is 2.60. The Labute approximate surface area is 89.6 Å². The third kappa shape index (κ3) is 3.08. The fraction of sp³-hybridized carbons (Fsp3) is 0.222. The lowest BCUT2D eigenvalue weighted by Gasteiger charge is -2.04. The first kappa shape index (κ1) is 11.1. The predicted octanol–water partition coefficient (Wildman–Crippen LogP) is 1.16. The summed E-state index contributed by atoms with van der Waals surface area (Å²) in [5.41, 5.74) is 5.80. The summed E-state index contributed by atoms with van der Waals surface area (Å²) in [6.45, 7) is 0.235. The van der Waals surface area contributed by atoms with Crippen LogP contribution in [0, 0.1) is 5.82 Å². The van der Waals surface area contributed by atoms with Crippen LogP contribution in [0.15, 0.2) is 22.7 Å². The first-order valence-electron chi connectivity index (χ1n) is 4.04. The second-order valence-corrected chi connectivity index (χ2v) is 3.58. The maximum Gasteiger partial charge on any atom is 0.234 e. The average Bonchev–Trinajstić information content (AvgIpc) is 2.19. The third-order valence-electron chi connectivity index (χ3n) is 1.66. The molecular formula is C9H10BrFN2O. The Morgan fingerprint density at radius 3 is 2.86 bits per heavy atom. The normalized spacial score (nSPS) is 9.93. The van der Waals surface area contributed by atoms with Crippen molar-refractivity contribution < 1.29 is 9.18 Å². The third-order valence-corrected chi connectivity index (χ3v) is 2.30. The maximum absolute atomic E-state index is 13.0. The minimum Gasteiger partial charge on any atom is -0.351 e. The summed E-state index contributed by atoms with van der Waals surface area (Å²) in [6, 6.07) is 4.68. The highest BCUT2D eigenvalue weighted by Gasteiger charge is 2.01. The lowest BCUT2D eigenvalue weighted by molar-refractivity contribution is -0.119. The van der Waals surface area contributed by atoms with E-state index in [0.29, 0.717) is 16.6 Å². The van der Waals surface area contributed by atoms with Gasteiger partial charge < -0.3 is 11.1 Å². The fourth-order valence-electron chi connectivity index (χ4n) is 0.922. The number of carbonyl (C=O) groups excluding carboxylic acids is 1. The van der Waals surface area contributed by atoms with Crippen LogP contribution in [-0.2, 0) is 11.3 Å². The van der Waals surface area contributed by atoms with Gasteiger partial charge in [0.05, 0.1) is 11.0 Å². The molecular weight excluding hydrogens is 251 g/mol. The van der Waals surface area contributed by atoms with Gasteiger partial charge in [-0.1, -0.05) is 6.07 Å². The van der Waals surface area contributed by atoms with Gasteiger partial charge in [-0.2, -0.15) is 0 Å². The van der Waals surface area contributed by atoms with Crippen molar-refractivity contribution >= 4 is 21.8 Å². The van der Waals surface area contributed by atoms with Gasteiger partial charge in [0.25, 0.3) is 0 Å². The molecule has 0 heterocycles. The number of carbonyl (C=O) groups is 1. The second-order valence-electron chi connectivity index (χ2n) is 2.73. The first-order valence-corrected chi connectivity index (χ1v) is 4.83. The zero-order valence-corrected chi connectivity index (χ0v) is 8.97. The summed E-state index contributed by atoms with van der Waals surface area (Å²) < 4.78 is 13.4. The van der Waals surface area contributed by atoms with Crippen LogP contribution in [0.3, 0.4) is 0 Å². The highest BCUT2D eigenvalue weighted by atomic mass is 79.9. The number of rotatable bonds is 3. The van der Waals surface area contributed by atoms with E-state index >= 15 is 0 Å². The number of halogens is 2. The average molecular weight is 261 g/mol. The number of nitrogens with two attached hydrogens (primary N) is 1. The van der Waals surface area contributed by atoms with Gasteiger partial charge in [0.1, 0.15) is 5.82 Å². The first-order chi connectivity index (χ1) is 6.63. The van der Waals surface area contributed by atoms with E-state index in [1.54, 1.807) is 12.1 Å². The molecule has 0 bridgehead atoms. The lowest BCUT2D eigenvalue weighted by Crippen LogP contribution is -2.29. The largest absolute Gasteiger partial charge is 0.351 e. The van der Waals surface area contributed by atoms with E-state index in [2.05, 4.69) is 21.2 Å². The smallest absolute Gasteiger partial charge is 0.234 e. The monoisotopic (exact) mass is 260 g/mol. The Morgan fingerprint density at radius 1 is 1.57 bits per heavy atom. The molecule has 1 aromatic rings. The van der Waals surface area contributed by atoms with Crippen LogP contribution < -0.4 is 11.1 Å². The van der Waals surface area contributed by atoms with Gasteiger partial charge >= 0.3 is 0 Å². The van der Waals surface area contributed by atoms with Crippen LogP contribution in [0.5, 0.6) is 0 Å². The molecule has 0 atom stereocenters. The summed E-state index contributed by atoms with van der Waals surface area (Å²) >= 11 is 3.04. The maximum atomic E-state index is 13.0. The Kier molecular flexibility index (Phi) is 4.03. The standard InChI is InChI=1S/C9H10BrFN2O/c10-7-2-1-6(3-8(7)11)5-13-9(14)4-12/h1-3H,4-5,12H2,(H,13,14). The molecule has 1 amide bonds. The molecule has 0 fully saturated rings. The number of nitrogens with one attached hydrogen (secondary N) is 1. The van der Waals surface area contributed by atoms with E-state index in [-0.39, 0.29) is 18.3 Å². The van der Waals surface area contributed by atoms with Gasteiger partial charge in [-0.15, -0.1) is 0 Å². The molecule has 0 aromatic heterocycles. The van der Waals surface area contributed by atoms with Gasteiger partial charge in [0, 0.05) is 6.54 Å². The number of benzene rings is 1. The molecule has 3 nitrogen and oxygen atoms in total. The molecule has 0 saturated carbocycles. The van der Waals surface area contributed by atoms with Gasteiger partial charge in [0.2, 0.25) is 5.91 Å². The van der Waals surface area contributed by atoms with Crippen LogP contribution in [0.2, 0.25) is 0 Å². The molecule has 3 N–H and O–H groups in total. The zero-order chi connectivity index (χ0) is 10.6. The van der Waals surface area contributed by atoms with E-state index in [1.165, 1.54) is 6.07 Å². The van der Waals surface area contributed by atoms with Crippen molar-refractivity contribution in [3.8, 4) is 0 Å². The summed E-state index contributed by atoms with van der Waals surface area (Å²) in [5.74, 6) is -0.599. The quantitative estimate of drug-likeness (QED) is 0.857. The molecule has 1 rings (SSSR count). The van der Waals surface area contributed by atoms with Crippen molar-refractivity contribution in [1.82, 2.24) is 5.32 Å². The highest BCUT2D eigenvalue weighted by Crippen LogP contribution is 2.16. The van der Waals surface area contributed by atoms with Crippen LogP contribution in [0.1, 0.15) is 5.56 Å². The number of hydrogen-bond donors (Lipinski definition) is 2. The van der Waals surface area contributed by atoms with Gasteiger partial charge in [0.15, 0.2) is 0 Å². The minimum atomic E-state index is -0.343. The molecule has 0 spiro atoms. The minimum absolute atomic E-state index is 0.0565. The molecule has 0 unspecified atom stereocenters. The topological polar surface area (TPSA) is 55.1 Å². The van der Waals surface area contributed by atoms with Crippen molar-refractivity contribution in [2.45, 2.75) is 6.54 Å². The fourth-order valence-corrected chi connectivity index (χ4v) is 1.17. The molecule has 0 aliphatic carbocycles. The molecule has 0 radical (unpaired) electrons. The predicted molar refractivity (Wildman–Crippen MR) is 55.0 cm³/mol. The van der Waals surface area contributed by atoms with Gasteiger partial charge in [-0.25, -0.2) is 4.39 Å². The molecule has 14 heavy (non-hydrogen) atoms. The Hall–Kier alpha value is -0.940. The van der Waals surface area contributed by atoms with E-state index in [4.69, 9.17) is 5.73 Å². The summed E-state index contributed by atoms with van der Waals surface area (Å²) in [4.78, 5) is 10.8. The van der Waals surface area contributed by atoms with Gasteiger partial charge in [-0.05, 0) is 33.6 Å². The van der Waals surface area contributed by atoms with E-state index in [0.717, 1.165) is 0 Å². The molecule has 76 valence electrons. The highest BCUT2D eigenvalue weighted by molar-refractivity contribution is 9.10. The van der Waals surface area contributed by atoms with Crippen molar-refractivity contribution in [2.24, 2.45) is 5.73 Å². The van der Waals surface area contributed by atoms with Crippen molar-refractivity contribution in [2.75, 3.05) is 6.54 Å². The Morgan fingerprint density at radius 2 is 2.29 bits per heavy atom. The molecule has 0 saturated heterocycles. The van der Waals surface area contributed by atoms with Crippen molar-refractivity contribution in [3.63, 3.8) is 0 Å². The Bertz CT molecular complexity index is 344. The summed E-state index contributed by atoms with van der Waals surface area (Å²) in [7, 11) is 0. The van der Waals surface area contributed by atoms with Crippen LogP contribution >= 0.6 is 15.9 Å². The van der Waals surface area contributed by atoms with E-state index in [9.17, 15) is 9.18 Å². The molecule has 0 aliphatic heterocycles. The molecule has 0 aliphatic rings. The van der Waals surface area contributed by atoms with Gasteiger partial charge in [-0.3, -0.25) is 4.79 Å². The summed E-state index contributed by atoms with van der Waals surface area (Å²) in [6.07, 6.45) is 0. The van der Waals surface area contributed by atoms with Crippen LogP contribution in [0.25, 0.3) is 0 Å². The van der Waals surface area contributed by atoms with E-state index < -0.39 is 0 Å². The second kappa shape index (κ2) is 5.07. The van der Waals surface area contributed by atoms with E-state index in [1.807, 2.05) is 0 Å². The number of amides is 1. The lowest BCUT2D eigenvalue weighted by atomic mass is 10.2.